The Morgan fingerprint density at radius 2 is 2.00 bits per heavy atom. The van der Waals surface area contributed by atoms with E-state index < -0.39 is 12.1 Å². The third kappa shape index (κ3) is 5.95. The molecular formula is C16H21NO5. The highest BCUT2D eigenvalue weighted by molar-refractivity contribution is 5.96. The molecule has 0 spiro atoms. The quantitative estimate of drug-likeness (QED) is 0.761. The van der Waals surface area contributed by atoms with Crippen LogP contribution in [-0.2, 0) is 19.1 Å². The summed E-state index contributed by atoms with van der Waals surface area (Å²) >= 11 is 0. The number of Topliss-reactive ketones (excluding diaryl/α,β-unsaturated/α-hetero) is 1. The van der Waals surface area contributed by atoms with Gasteiger partial charge < -0.3 is 20.0 Å². The lowest BCUT2D eigenvalue weighted by Crippen LogP contribution is -2.16. The molecule has 1 aliphatic rings. The Labute approximate surface area is 129 Å². The number of ether oxygens (including phenoxy) is 2. The van der Waals surface area contributed by atoms with Gasteiger partial charge in [-0.1, -0.05) is 6.08 Å². The highest BCUT2D eigenvalue weighted by Gasteiger charge is 2.14. The molecular weight excluding hydrogens is 286 g/mol. The maximum atomic E-state index is 11.6. The molecule has 1 rings (SSSR count). The van der Waals surface area contributed by atoms with Gasteiger partial charge in [0.1, 0.15) is 11.5 Å². The summed E-state index contributed by atoms with van der Waals surface area (Å²) in [6.07, 6.45) is 7.04. The molecule has 0 saturated heterocycles. The van der Waals surface area contributed by atoms with Crippen LogP contribution in [0, 0.1) is 0 Å². The average Bonchev–Trinajstić information content (AvgIpc) is 2.42. The van der Waals surface area contributed by atoms with Crippen LogP contribution in [0.5, 0.6) is 0 Å². The van der Waals surface area contributed by atoms with Gasteiger partial charge in [0.25, 0.3) is 0 Å². The number of hydrogen-bond acceptors (Lipinski definition) is 5. The Morgan fingerprint density at radius 1 is 1.27 bits per heavy atom. The van der Waals surface area contributed by atoms with Crippen molar-refractivity contribution >= 4 is 17.8 Å². The predicted molar refractivity (Wildman–Crippen MR) is 80.7 cm³/mol. The maximum absolute atomic E-state index is 11.6. The summed E-state index contributed by atoms with van der Waals surface area (Å²) in [6, 6.07) is 0. The van der Waals surface area contributed by atoms with Crippen LogP contribution >= 0.6 is 0 Å². The van der Waals surface area contributed by atoms with Gasteiger partial charge in [-0.05, 0) is 43.9 Å². The minimum absolute atomic E-state index is 0.115. The first kappa shape index (κ1) is 17.7. The fraction of sp³-hybridized carbons (Fsp3) is 0.438. The molecule has 120 valence electrons. The van der Waals surface area contributed by atoms with Crippen LogP contribution in [-0.4, -0.2) is 25.0 Å². The van der Waals surface area contributed by atoms with Crippen molar-refractivity contribution in [1.82, 2.24) is 0 Å². The largest absolute Gasteiger partial charge is 0.513 e. The van der Waals surface area contributed by atoms with E-state index in [1.807, 2.05) is 6.08 Å². The van der Waals surface area contributed by atoms with Crippen LogP contribution in [0.2, 0.25) is 0 Å². The van der Waals surface area contributed by atoms with Gasteiger partial charge in [0, 0.05) is 18.4 Å². The molecule has 0 unspecified atom stereocenters. The Hall–Kier alpha value is -2.37. The topological polar surface area (TPSA) is 95.7 Å². The van der Waals surface area contributed by atoms with E-state index in [1.165, 1.54) is 14.0 Å². The normalized spacial score (nSPS) is 21.8. The molecule has 1 aliphatic carbocycles. The van der Waals surface area contributed by atoms with E-state index in [0.717, 1.165) is 5.57 Å². The van der Waals surface area contributed by atoms with Crippen molar-refractivity contribution in [3.8, 4) is 0 Å². The second-order valence-electron chi connectivity index (χ2n) is 4.96. The molecule has 0 aromatic carbocycles. The second kappa shape index (κ2) is 8.81. The SMILES string of the molecule is COC(=O)O/C1=C/C=C(C(N)=O)\C(CCCC(C)=O)=C/CC1. The molecule has 6 heteroatoms. The number of nitrogens with two attached hydrogens (primary N) is 1. The smallest absolute Gasteiger partial charge is 0.437 e. The molecule has 1 amide bonds. The van der Waals surface area contributed by atoms with Crippen LogP contribution < -0.4 is 5.73 Å². The number of carbonyl (C=O) groups excluding carboxylic acids is 3. The van der Waals surface area contributed by atoms with Gasteiger partial charge in [0.15, 0.2) is 0 Å². The van der Waals surface area contributed by atoms with E-state index in [4.69, 9.17) is 10.5 Å². The standard InChI is InChI=1S/C16H21NO5/c1-11(18)5-3-6-12-7-4-8-13(22-16(20)21-2)9-10-14(12)15(17)19/h7,9-10H,3-6,8H2,1-2H3,(H2,17,19)/b12-7-,13-9+,14-10+. The number of hydrogen-bond donors (Lipinski definition) is 1. The van der Waals surface area contributed by atoms with Crippen LogP contribution in [0.15, 0.2) is 35.1 Å². The van der Waals surface area contributed by atoms with Gasteiger partial charge >= 0.3 is 6.16 Å². The van der Waals surface area contributed by atoms with Gasteiger partial charge in [-0.2, -0.15) is 0 Å². The lowest BCUT2D eigenvalue weighted by molar-refractivity contribution is -0.117. The van der Waals surface area contributed by atoms with Crippen LogP contribution in [0.3, 0.4) is 0 Å². The zero-order valence-corrected chi connectivity index (χ0v) is 12.9. The van der Waals surface area contributed by atoms with E-state index in [-0.39, 0.29) is 5.78 Å². The minimum Gasteiger partial charge on any atom is -0.437 e. The van der Waals surface area contributed by atoms with Gasteiger partial charge in [-0.3, -0.25) is 4.79 Å². The van der Waals surface area contributed by atoms with Gasteiger partial charge in [0.2, 0.25) is 5.91 Å². The first-order valence-electron chi connectivity index (χ1n) is 7.09. The molecule has 6 nitrogen and oxygen atoms in total. The van der Waals surface area contributed by atoms with Gasteiger partial charge in [0.05, 0.1) is 7.11 Å². The molecule has 0 fully saturated rings. The van der Waals surface area contributed by atoms with Gasteiger partial charge in [-0.25, -0.2) is 4.79 Å². The molecule has 0 radical (unpaired) electrons. The summed E-state index contributed by atoms with van der Waals surface area (Å²) in [7, 11) is 1.23. The number of primary amides is 1. The van der Waals surface area contributed by atoms with Crippen LogP contribution in [0.4, 0.5) is 4.79 Å². The summed E-state index contributed by atoms with van der Waals surface area (Å²) in [5.41, 5.74) is 6.60. The highest BCUT2D eigenvalue weighted by atomic mass is 16.7. The Kier molecular flexibility index (Phi) is 7.08. The third-order valence-electron chi connectivity index (χ3n) is 3.18. The summed E-state index contributed by atoms with van der Waals surface area (Å²) in [4.78, 5) is 33.7. The zero-order chi connectivity index (χ0) is 16.5. The molecule has 0 atom stereocenters. The minimum atomic E-state index is -0.800. The lowest BCUT2D eigenvalue weighted by atomic mass is 9.95. The summed E-state index contributed by atoms with van der Waals surface area (Å²) in [5, 5.41) is 0. The predicted octanol–water partition coefficient (Wildman–Crippen LogP) is 2.54. The van der Waals surface area contributed by atoms with E-state index >= 15 is 0 Å². The fourth-order valence-corrected chi connectivity index (χ4v) is 2.10. The average molecular weight is 307 g/mol. The molecule has 0 aromatic heterocycles. The summed E-state index contributed by atoms with van der Waals surface area (Å²) in [6.45, 7) is 1.54. The Morgan fingerprint density at radius 3 is 2.59 bits per heavy atom. The summed E-state index contributed by atoms with van der Waals surface area (Å²) in [5.74, 6) is -0.0287. The van der Waals surface area contributed by atoms with E-state index in [0.29, 0.717) is 43.4 Å². The zero-order valence-electron chi connectivity index (χ0n) is 12.9. The van der Waals surface area contributed by atoms with Crippen molar-refractivity contribution in [2.45, 2.75) is 39.0 Å². The van der Waals surface area contributed by atoms with Crippen molar-refractivity contribution in [1.29, 1.82) is 0 Å². The lowest BCUT2D eigenvalue weighted by Gasteiger charge is -2.13. The number of carbonyl (C=O) groups is 3. The summed E-state index contributed by atoms with van der Waals surface area (Å²) < 4.78 is 9.42. The van der Waals surface area contributed by atoms with Crippen LogP contribution in [0.1, 0.15) is 39.0 Å². The van der Waals surface area contributed by atoms with E-state index in [9.17, 15) is 14.4 Å². The first-order valence-corrected chi connectivity index (χ1v) is 7.09. The molecule has 2 N–H and O–H groups in total. The fourth-order valence-electron chi connectivity index (χ4n) is 2.10. The van der Waals surface area contributed by atoms with Crippen molar-refractivity contribution < 1.29 is 23.9 Å². The molecule has 0 heterocycles. The second-order valence-corrected chi connectivity index (χ2v) is 4.96. The molecule has 0 aromatic rings. The number of allylic oxidation sites excluding steroid dienone is 4. The number of rotatable bonds is 6. The van der Waals surface area contributed by atoms with E-state index in [1.54, 1.807) is 12.2 Å². The van der Waals surface area contributed by atoms with Crippen molar-refractivity contribution in [2.24, 2.45) is 5.73 Å². The molecule has 0 bridgehead atoms. The number of ketones is 1. The third-order valence-corrected chi connectivity index (χ3v) is 3.18. The number of amides is 1. The number of methoxy groups -OCH3 is 1. The maximum Gasteiger partial charge on any atom is 0.513 e. The van der Waals surface area contributed by atoms with Gasteiger partial charge in [-0.15, -0.1) is 0 Å². The van der Waals surface area contributed by atoms with Crippen LogP contribution in [0.25, 0.3) is 0 Å². The van der Waals surface area contributed by atoms with Crippen molar-refractivity contribution in [3.05, 3.63) is 35.1 Å². The van der Waals surface area contributed by atoms with Crippen molar-refractivity contribution in [2.75, 3.05) is 7.11 Å². The monoisotopic (exact) mass is 307 g/mol. The molecule has 22 heavy (non-hydrogen) atoms. The van der Waals surface area contributed by atoms with E-state index in [2.05, 4.69) is 4.74 Å². The van der Waals surface area contributed by atoms with Crippen molar-refractivity contribution in [3.63, 3.8) is 0 Å². The Bertz CT molecular complexity index is 543. The first-order chi connectivity index (χ1) is 10.4. The highest BCUT2D eigenvalue weighted by Crippen LogP contribution is 2.23. The molecule has 0 saturated carbocycles. The molecule has 0 aliphatic heterocycles. The Balaban J connectivity index is 2.87.